The van der Waals surface area contributed by atoms with Gasteiger partial charge in [-0.15, -0.1) is 0 Å². The molecule has 0 heterocycles. The first-order valence-corrected chi connectivity index (χ1v) is 6.70. The van der Waals surface area contributed by atoms with Gasteiger partial charge >= 0.3 is 5.97 Å². The molecule has 17 heavy (non-hydrogen) atoms. The SMILES string of the molecule is CCOC(=O)/C=C/C1CC(Br)C(O)C(OC)C1. The van der Waals surface area contributed by atoms with Gasteiger partial charge in [0.05, 0.1) is 18.8 Å². The van der Waals surface area contributed by atoms with Crippen LogP contribution in [0, 0.1) is 5.92 Å². The second-order valence-corrected chi connectivity index (χ2v) is 5.30. The fraction of sp³-hybridized carbons (Fsp3) is 0.750. The fourth-order valence-corrected chi connectivity index (χ4v) is 2.81. The zero-order valence-electron chi connectivity index (χ0n) is 10.1. The lowest BCUT2D eigenvalue weighted by Crippen LogP contribution is -2.42. The molecule has 1 rings (SSSR count). The number of alkyl halides is 1. The number of esters is 1. The van der Waals surface area contributed by atoms with Crippen LogP contribution in [0.15, 0.2) is 12.2 Å². The largest absolute Gasteiger partial charge is 0.463 e. The maximum absolute atomic E-state index is 11.2. The van der Waals surface area contributed by atoms with Gasteiger partial charge in [0.2, 0.25) is 0 Å². The van der Waals surface area contributed by atoms with Gasteiger partial charge in [-0.3, -0.25) is 0 Å². The molecule has 4 atom stereocenters. The van der Waals surface area contributed by atoms with Crippen LogP contribution in [0.5, 0.6) is 0 Å². The third-order valence-electron chi connectivity index (χ3n) is 2.91. The average Bonchev–Trinajstić information content (AvgIpc) is 2.31. The van der Waals surface area contributed by atoms with Gasteiger partial charge in [-0.25, -0.2) is 4.79 Å². The minimum atomic E-state index is -0.493. The molecule has 0 saturated heterocycles. The number of aliphatic hydroxyl groups is 1. The highest BCUT2D eigenvalue weighted by molar-refractivity contribution is 9.09. The number of ether oxygens (including phenoxy) is 2. The van der Waals surface area contributed by atoms with E-state index in [0.717, 1.165) is 12.8 Å². The number of rotatable bonds is 4. The normalized spacial score (nSPS) is 33.9. The second-order valence-electron chi connectivity index (χ2n) is 4.12. The van der Waals surface area contributed by atoms with Crippen molar-refractivity contribution in [2.24, 2.45) is 5.92 Å². The Bertz CT molecular complexity index is 280. The highest BCUT2D eigenvalue weighted by Gasteiger charge is 2.34. The van der Waals surface area contributed by atoms with E-state index < -0.39 is 6.10 Å². The summed E-state index contributed by atoms with van der Waals surface area (Å²) < 4.78 is 10.0. The molecular formula is C12H19BrO4. The molecule has 0 aromatic heterocycles. The summed E-state index contributed by atoms with van der Waals surface area (Å²) in [6.07, 6.45) is 4.12. The summed E-state index contributed by atoms with van der Waals surface area (Å²) in [5, 5.41) is 9.83. The number of hydrogen-bond donors (Lipinski definition) is 1. The monoisotopic (exact) mass is 306 g/mol. The molecular weight excluding hydrogens is 288 g/mol. The van der Waals surface area contributed by atoms with Crippen molar-refractivity contribution in [3.8, 4) is 0 Å². The van der Waals surface area contributed by atoms with Crippen LogP contribution < -0.4 is 0 Å². The average molecular weight is 307 g/mol. The first-order chi connectivity index (χ1) is 8.08. The summed E-state index contributed by atoms with van der Waals surface area (Å²) in [5.41, 5.74) is 0. The molecule has 0 aromatic rings. The third kappa shape index (κ3) is 4.41. The molecule has 1 fully saturated rings. The summed E-state index contributed by atoms with van der Waals surface area (Å²) in [7, 11) is 1.59. The predicted molar refractivity (Wildman–Crippen MR) is 68.0 cm³/mol. The van der Waals surface area contributed by atoms with Crippen LogP contribution in [0.4, 0.5) is 0 Å². The Morgan fingerprint density at radius 3 is 2.82 bits per heavy atom. The van der Waals surface area contributed by atoms with Gasteiger partial charge < -0.3 is 14.6 Å². The van der Waals surface area contributed by atoms with Gasteiger partial charge in [-0.1, -0.05) is 22.0 Å². The standard InChI is InChI=1S/C12H19BrO4/c1-3-17-11(14)5-4-8-6-9(13)12(15)10(7-8)16-2/h4-5,8-10,12,15H,3,6-7H2,1-2H3/b5-4+. The Morgan fingerprint density at radius 2 is 2.24 bits per heavy atom. The van der Waals surface area contributed by atoms with E-state index in [1.807, 2.05) is 6.08 Å². The molecule has 4 nitrogen and oxygen atoms in total. The summed E-state index contributed by atoms with van der Waals surface area (Å²) in [4.78, 5) is 11.2. The second kappa shape index (κ2) is 7.13. The molecule has 0 radical (unpaired) electrons. The number of carbonyl (C=O) groups excluding carboxylic acids is 1. The van der Waals surface area contributed by atoms with E-state index in [-0.39, 0.29) is 22.8 Å². The van der Waals surface area contributed by atoms with Crippen LogP contribution >= 0.6 is 15.9 Å². The van der Waals surface area contributed by atoms with E-state index in [1.54, 1.807) is 14.0 Å². The molecule has 98 valence electrons. The Morgan fingerprint density at radius 1 is 1.53 bits per heavy atom. The van der Waals surface area contributed by atoms with E-state index in [9.17, 15) is 9.90 Å². The van der Waals surface area contributed by atoms with Crippen LogP contribution in [0.1, 0.15) is 19.8 Å². The van der Waals surface area contributed by atoms with E-state index in [1.165, 1.54) is 6.08 Å². The molecule has 0 bridgehead atoms. The quantitative estimate of drug-likeness (QED) is 0.487. The lowest BCUT2D eigenvalue weighted by molar-refractivity contribution is -0.137. The number of hydrogen-bond acceptors (Lipinski definition) is 4. The lowest BCUT2D eigenvalue weighted by atomic mass is 9.85. The number of aliphatic hydroxyl groups excluding tert-OH is 1. The van der Waals surface area contributed by atoms with Gasteiger partial charge in [0, 0.05) is 18.0 Å². The fourth-order valence-electron chi connectivity index (χ4n) is 1.99. The van der Waals surface area contributed by atoms with Crippen molar-refractivity contribution >= 4 is 21.9 Å². The van der Waals surface area contributed by atoms with Crippen molar-refractivity contribution in [1.82, 2.24) is 0 Å². The first-order valence-electron chi connectivity index (χ1n) is 5.78. The first kappa shape index (κ1) is 14.7. The molecule has 1 aliphatic carbocycles. The van der Waals surface area contributed by atoms with E-state index in [0.29, 0.717) is 6.61 Å². The molecule has 5 heteroatoms. The summed E-state index contributed by atoms with van der Waals surface area (Å²) >= 11 is 3.43. The highest BCUT2D eigenvalue weighted by atomic mass is 79.9. The number of allylic oxidation sites excluding steroid dienone is 1. The Kier molecular flexibility index (Phi) is 6.16. The number of methoxy groups -OCH3 is 1. The molecule has 1 N–H and O–H groups in total. The number of carbonyl (C=O) groups is 1. The van der Waals surface area contributed by atoms with Crippen molar-refractivity contribution in [3.05, 3.63) is 12.2 Å². The van der Waals surface area contributed by atoms with Crippen molar-refractivity contribution in [2.75, 3.05) is 13.7 Å². The van der Waals surface area contributed by atoms with Gasteiger partial charge in [0.25, 0.3) is 0 Å². The molecule has 0 aliphatic heterocycles. The minimum Gasteiger partial charge on any atom is -0.463 e. The van der Waals surface area contributed by atoms with Gasteiger partial charge in [0.15, 0.2) is 0 Å². The van der Waals surface area contributed by atoms with Gasteiger partial charge in [-0.2, -0.15) is 0 Å². The lowest BCUT2D eigenvalue weighted by Gasteiger charge is -2.34. The van der Waals surface area contributed by atoms with Crippen LogP contribution in [0.2, 0.25) is 0 Å². The van der Waals surface area contributed by atoms with Crippen molar-refractivity contribution < 1.29 is 19.4 Å². The van der Waals surface area contributed by atoms with E-state index in [2.05, 4.69) is 15.9 Å². The molecule has 0 amide bonds. The molecule has 0 spiro atoms. The summed E-state index contributed by atoms with van der Waals surface area (Å²) in [6, 6.07) is 0. The molecule has 1 saturated carbocycles. The van der Waals surface area contributed by atoms with Crippen LogP contribution in [-0.2, 0) is 14.3 Å². The van der Waals surface area contributed by atoms with Crippen molar-refractivity contribution in [3.63, 3.8) is 0 Å². The zero-order valence-corrected chi connectivity index (χ0v) is 11.7. The van der Waals surface area contributed by atoms with Gasteiger partial charge in [0.1, 0.15) is 0 Å². The Labute approximate surface area is 110 Å². The van der Waals surface area contributed by atoms with Crippen molar-refractivity contribution in [2.45, 2.75) is 36.8 Å². The smallest absolute Gasteiger partial charge is 0.330 e. The molecule has 0 aromatic carbocycles. The topological polar surface area (TPSA) is 55.8 Å². The maximum Gasteiger partial charge on any atom is 0.330 e. The highest BCUT2D eigenvalue weighted by Crippen LogP contribution is 2.31. The maximum atomic E-state index is 11.2. The minimum absolute atomic E-state index is 0.00181. The van der Waals surface area contributed by atoms with Crippen molar-refractivity contribution in [1.29, 1.82) is 0 Å². The molecule has 4 unspecified atom stereocenters. The Balaban J connectivity index is 2.52. The molecule has 1 aliphatic rings. The van der Waals surface area contributed by atoms with E-state index in [4.69, 9.17) is 9.47 Å². The number of halogens is 1. The van der Waals surface area contributed by atoms with Crippen LogP contribution in [-0.4, -0.2) is 41.8 Å². The summed E-state index contributed by atoms with van der Waals surface area (Å²) in [6.45, 7) is 2.16. The van der Waals surface area contributed by atoms with E-state index >= 15 is 0 Å². The Hall–Kier alpha value is -0.390. The van der Waals surface area contributed by atoms with Crippen LogP contribution in [0.25, 0.3) is 0 Å². The summed E-state index contributed by atoms with van der Waals surface area (Å²) in [5.74, 6) is -0.101. The third-order valence-corrected chi connectivity index (χ3v) is 3.82. The predicted octanol–water partition coefficient (Wildman–Crippen LogP) is 1.66. The van der Waals surface area contributed by atoms with Gasteiger partial charge in [-0.05, 0) is 25.7 Å². The van der Waals surface area contributed by atoms with Crippen LogP contribution in [0.3, 0.4) is 0 Å². The zero-order chi connectivity index (χ0) is 12.8.